The Morgan fingerprint density at radius 2 is 1.92 bits per heavy atom. The van der Waals surface area contributed by atoms with Gasteiger partial charge in [-0.15, -0.1) is 11.6 Å². The first kappa shape index (κ1) is 17.6. The summed E-state index contributed by atoms with van der Waals surface area (Å²) in [5.41, 5.74) is 1.65. The lowest BCUT2D eigenvalue weighted by Gasteiger charge is -2.56. The molecule has 0 aromatic heterocycles. The largest absolute Gasteiger partial charge is 0.461 e. The van der Waals surface area contributed by atoms with E-state index in [1.807, 2.05) is 0 Å². The molecular formula is C21H29ClO3. The van der Waals surface area contributed by atoms with Crippen LogP contribution in [0.3, 0.4) is 0 Å². The zero-order valence-corrected chi connectivity index (χ0v) is 16.1. The molecule has 3 nitrogen and oxygen atoms in total. The zero-order chi connectivity index (χ0) is 17.8. The van der Waals surface area contributed by atoms with Crippen LogP contribution in [-0.4, -0.2) is 23.7 Å². The van der Waals surface area contributed by atoms with Crippen molar-refractivity contribution in [2.24, 2.45) is 28.6 Å². The molecule has 0 unspecified atom stereocenters. The summed E-state index contributed by atoms with van der Waals surface area (Å²) in [5.74, 6) is 2.04. The minimum Gasteiger partial charge on any atom is -0.461 e. The van der Waals surface area contributed by atoms with Gasteiger partial charge < -0.3 is 4.74 Å². The Morgan fingerprint density at radius 3 is 2.68 bits per heavy atom. The fraction of sp³-hybridized carbons (Fsp3) is 0.810. The summed E-state index contributed by atoms with van der Waals surface area (Å²) >= 11 is 5.59. The fourth-order valence-electron chi connectivity index (χ4n) is 6.72. The van der Waals surface area contributed by atoms with Gasteiger partial charge in [0.25, 0.3) is 0 Å². The Morgan fingerprint density at radius 1 is 1.20 bits per heavy atom. The zero-order valence-electron chi connectivity index (χ0n) is 15.4. The molecule has 4 rings (SSSR count). The monoisotopic (exact) mass is 364 g/mol. The van der Waals surface area contributed by atoms with Crippen LogP contribution in [0.5, 0.6) is 0 Å². The number of ether oxygens (including phenoxy) is 1. The maximum Gasteiger partial charge on any atom is 0.321 e. The summed E-state index contributed by atoms with van der Waals surface area (Å²) < 4.78 is 5.51. The summed E-state index contributed by atoms with van der Waals surface area (Å²) in [4.78, 5) is 24.0. The third-order valence-electron chi connectivity index (χ3n) is 8.17. The Hall–Kier alpha value is -0.830. The number of hydrogen-bond donors (Lipinski definition) is 0. The van der Waals surface area contributed by atoms with Crippen molar-refractivity contribution < 1.29 is 14.3 Å². The van der Waals surface area contributed by atoms with Gasteiger partial charge in [-0.1, -0.05) is 25.5 Å². The molecule has 3 fully saturated rings. The lowest BCUT2D eigenvalue weighted by molar-refractivity contribution is -0.148. The van der Waals surface area contributed by atoms with Crippen LogP contribution >= 0.6 is 11.6 Å². The van der Waals surface area contributed by atoms with Crippen molar-refractivity contribution in [3.05, 3.63) is 11.6 Å². The molecule has 0 aromatic carbocycles. The summed E-state index contributed by atoms with van der Waals surface area (Å²) in [6, 6.07) is 0. The quantitative estimate of drug-likeness (QED) is 0.406. The first-order valence-corrected chi connectivity index (χ1v) is 10.4. The third kappa shape index (κ3) is 2.60. The van der Waals surface area contributed by atoms with Crippen molar-refractivity contribution in [2.45, 2.75) is 71.3 Å². The van der Waals surface area contributed by atoms with Crippen molar-refractivity contribution in [3.8, 4) is 0 Å². The summed E-state index contributed by atoms with van der Waals surface area (Å²) in [7, 11) is 0. The van der Waals surface area contributed by atoms with Crippen molar-refractivity contribution in [2.75, 3.05) is 5.88 Å². The number of alkyl halides is 1. The molecule has 4 heteroatoms. The summed E-state index contributed by atoms with van der Waals surface area (Å²) in [5, 5.41) is 0. The van der Waals surface area contributed by atoms with Crippen molar-refractivity contribution in [3.63, 3.8) is 0 Å². The Bertz CT molecular complexity index is 627. The number of hydrogen-bond acceptors (Lipinski definition) is 3. The van der Waals surface area contributed by atoms with E-state index in [1.54, 1.807) is 0 Å². The maximum atomic E-state index is 12.5. The van der Waals surface area contributed by atoms with Crippen LogP contribution in [0.15, 0.2) is 11.6 Å². The Balaban J connectivity index is 1.56. The molecular weight excluding hydrogens is 336 g/mol. The van der Waals surface area contributed by atoms with Crippen LogP contribution in [0.4, 0.5) is 0 Å². The minimum atomic E-state index is -0.303. The van der Waals surface area contributed by atoms with Gasteiger partial charge in [-0.05, 0) is 61.7 Å². The van der Waals surface area contributed by atoms with E-state index in [-0.39, 0.29) is 28.8 Å². The van der Waals surface area contributed by atoms with Crippen LogP contribution in [0.25, 0.3) is 0 Å². The van der Waals surface area contributed by atoms with Gasteiger partial charge in [-0.3, -0.25) is 9.59 Å². The Labute approximate surface area is 155 Å². The number of halogens is 1. The average molecular weight is 365 g/mol. The number of allylic oxidation sites excluding steroid dienone is 1. The number of Topliss-reactive ketones (excluding diaryl/α,β-unsaturated/α-hetero) is 1. The van der Waals surface area contributed by atoms with Gasteiger partial charge in [0, 0.05) is 18.3 Å². The third-order valence-corrected chi connectivity index (χ3v) is 8.39. The predicted octanol–water partition coefficient (Wildman–Crippen LogP) is 4.67. The van der Waals surface area contributed by atoms with Crippen LogP contribution in [-0.2, 0) is 14.3 Å². The molecule has 0 spiro atoms. The molecule has 0 saturated heterocycles. The number of esters is 1. The molecule has 0 radical (unpaired) electrons. The Kier molecular flexibility index (Phi) is 4.30. The number of fused-ring (bicyclic) bond motifs is 5. The van der Waals surface area contributed by atoms with Crippen LogP contribution in [0.1, 0.15) is 65.2 Å². The second kappa shape index (κ2) is 6.11. The van der Waals surface area contributed by atoms with Crippen molar-refractivity contribution >= 4 is 23.4 Å². The fourth-order valence-corrected chi connectivity index (χ4v) is 6.78. The molecule has 0 aliphatic heterocycles. The van der Waals surface area contributed by atoms with E-state index in [0.717, 1.165) is 44.9 Å². The van der Waals surface area contributed by atoms with Gasteiger partial charge >= 0.3 is 5.97 Å². The maximum absolute atomic E-state index is 12.5. The molecule has 0 aromatic rings. The van der Waals surface area contributed by atoms with E-state index >= 15 is 0 Å². The highest BCUT2D eigenvalue weighted by molar-refractivity contribution is 6.26. The highest BCUT2D eigenvalue weighted by Crippen LogP contribution is 2.64. The summed E-state index contributed by atoms with van der Waals surface area (Å²) in [6.45, 7) is 4.65. The number of ketones is 1. The van der Waals surface area contributed by atoms with E-state index in [2.05, 4.69) is 19.9 Å². The molecule has 4 aliphatic rings. The van der Waals surface area contributed by atoms with Gasteiger partial charge in [-0.25, -0.2) is 0 Å². The average Bonchev–Trinajstić information content (AvgIpc) is 2.90. The van der Waals surface area contributed by atoms with Crippen molar-refractivity contribution in [1.29, 1.82) is 0 Å². The second-order valence-corrected chi connectivity index (χ2v) is 9.43. The van der Waals surface area contributed by atoms with Gasteiger partial charge in [-0.2, -0.15) is 0 Å². The standard InChI is InChI=1S/C21H29ClO3/c1-20-9-7-14(25-19(24)12-22)11-13(20)3-4-15-16-5-6-18(23)21(16,2)10-8-17(15)20/h3,14-17H,4-12H2,1-2H3/t14-,15-,16-,17-,20+,21+/m1/s1. The molecule has 25 heavy (non-hydrogen) atoms. The molecule has 0 bridgehead atoms. The molecule has 3 saturated carbocycles. The predicted molar refractivity (Wildman–Crippen MR) is 97.3 cm³/mol. The van der Waals surface area contributed by atoms with Gasteiger partial charge in [0.1, 0.15) is 17.8 Å². The van der Waals surface area contributed by atoms with Crippen LogP contribution in [0.2, 0.25) is 0 Å². The molecule has 0 amide bonds. The summed E-state index contributed by atoms with van der Waals surface area (Å²) in [6.07, 6.45) is 10.5. The lowest BCUT2D eigenvalue weighted by Crippen LogP contribution is -2.50. The molecule has 0 N–H and O–H groups in total. The normalized spacial score (nSPS) is 45.9. The highest BCUT2D eigenvalue weighted by atomic mass is 35.5. The van der Waals surface area contributed by atoms with E-state index in [4.69, 9.17) is 16.3 Å². The smallest absolute Gasteiger partial charge is 0.321 e. The molecule has 0 heterocycles. The minimum absolute atomic E-state index is 0.0101. The number of rotatable bonds is 2. The SMILES string of the molecule is C[C@]12CC[C@@H](OC(=O)CCl)CC1=CC[C@H]1[C@H]2CC[C@]2(C)C(=O)CC[C@H]12. The van der Waals surface area contributed by atoms with Gasteiger partial charge in [0.2, 0.25) is 0 Å². The molecule has 6 atom stereocenters. The van der Waals surface area contributed by atoms with Crippen LogP contribution < -0.4 is 0 Å². The van der Waals surface area contributed by atoms with E-state index in [1.165, 1.54) is 12.0 Å². The topological polar surface area (TPSA) is 43.4 Å². The van der Waals surface area contributed by atoms with E-state index in [0.29, 0.717) is 23.5 Å². The molecule has 4 aliphatic carbocycles. The highest BCUT2D eigenvalue weighted by Gasteiger charge is 2.58. The molecule has 138 valence electrons. The van der Waals surface area contributed by atoms with Gasteiger partial charge in [0.15, 0.2) is 0 Å². The van der Waals surface area contributed by atoms with Crippen LogP contribution in [0, 0.1) is 28.6 Å². The van der Waals surface area contributed by atoms with E-state index in [9.17, 15) is 9.59 Å². The lowest BCUT2D eigenvalue weighted by atomic mass is 9.48. The first-order chi connectivity index (χ1) is 11.9. The van der Waals surface area contributed by atoms with E-state index < -0.39 is 0 Å². The number of carbonyl (C=O) groups excluding carboxylic acids is 2. The number of carbonyl (C=O) groups is 2. The second-order valence-electron chi connectivity index (χ2n) is 9.17. The van der Waals surface area contributed by atoms with Gasteiger partial charge in [0.05, 0.1) is 0 Å². The first-order valence-electron chi connectivity index (χ1n) is 9.87. The van der Waals surface area contributed by atoms with Crippen molar-refractivity contribution in [1.82, 2.24) is 0 Å².